The lowest BCUT2D eigenvalue weighted by Gasteiger charge is -2.13. The van der Waals surface area contributed by atoms with E-state index >= 15 is 0 Å². The molecule has 3 heterocycles. The van der Waals surface area contributed by atoms with Crippen LogP contribution in [0.2, 0.25) is 0 Å². The zero-order valence-corrected chi connectivity index (χ0v) is 15.6. The van der Waals surface area contributed by atoms with Gasteiger partial charge < -0.3 is 14.3 Å². The molecule has 9 nitrogen and oxygen atoms in total. The summed E-state index contributed by atoms with van der Waals surface area (Å²) >= 11 is 0. The molecule has 9 heteroatoms. The highest BCUT2D eigenvalue weighted by atomic mass is 16.3. The Labute approximate surface area is 155 Å². The topological polar surface area (TPSA) is 104 Å². The summed E-state index contributed by atoms with van der Waals surface area (Å²) in [4.78, 5) is 40.7. The van der Waals surface area contributed by atoms with Crippen molar-refractivity contribution in [3.05, 3.63) is 51.3 Å². The van der Waals surface area contributed by atoms with Gasteiger partial charge in [-0.3, -0.25) is 18.7 Å². The summed E-state index contributed by atoms with van der Waals surface area (Å²) in [6.45, 7) is 2.25. The van der Waals surface area contributed by atoms with Gasteiger partial charge in [-0.2, -0.15) is 0 Å². The van der Waals surface area contributed by atoms with E-state index in [0.29, 0.717) is 17.7 Å². The molecule has 0 saturated carbocycles. The molecule has 27 heavy (non-hydrogen) atoms. The van der Waals surface area contributed by atoms with E-state index in [1.54, 1.807) is 17.9 Å². The Morgan fingerprint density at radius 2 is 2.07 bits per heavy atom. The van der Waals surface area contributed by atoms with Gasteiger partial charge in [0.25, 0.3) is 5.56 Å². The zero-order valence-electron chi connectivity index (χ0n) is 15.6. The second kappa shape index (κ2) is 7.65. The van der Waals surface area contributed by atoms with E-state index in [2.05, 4.69) is 10.3 Å². The summed E-state index contributed by atoms with van der Waals surface area (Å²) < 4.78 is 9.26. The van der Waals surface area contributed by atoms with Crippen molar-refractivity contribution in [2.45, 2.75) is 38.8 Å². The van der Waals surface area contributed by atoms with Gasteiger partial charge in [0.15, 0.2) is 11.2 Å². The van der Waals surface area contributed by atoms with Crippen LogP contribution in [0.25, 0.3) is 11.2 Å². The van der Waals surface area contributed by atoms with Crippen molar-refractivity contribution in [1.29, 1.82) is 0 Å². The van der Waals surface area contributed by atoms with Crippen molar-refractivity contribution in [2.75, 3.05) is 0 Å². The normalized spacial score (nSPS) is 12.4. The molecule has 1 atom stereocenters. The maximum Gasteiger partial charge on any atom is 0.332 e. The number of imidazole rings is 1. The predicted octanol–water partition coefficient (Wildman–Crippen LogP) is 0.554. The third kappa shape index (κ3) is 3.86. The molecular formula is C18H23N5O4. The minimum atomic E-state index is -0.430. The summed E-state index contributed by atoms with van der Waals surface area (Å²) in [5.74, 6) is 0.785. The van der Waals surface area contributed by atoms with E-state index in [-0.39, 0.29) is 18.4 Å². The molecule has 3 aromatic rings. The van der Waals surface area contributed by atoms with Gasteiger partial charge >= 0.3 is 5.69 Å². The number of nitrogens with zero attached hydrogens (tertiary/aromatic N) is 4. The van der Waals surface area contributed by atoms with Crippen LogP contribution in [0.3, 0.4) is 0 Å². The molecule has 0 aliphatic rings. The number of rotatable bonds is 7. The van der Waals surface area contributed by atoms with Crippen LogP contribution in [0.5, 0.6) is 0 Å². The minimum Gasteiger partial charge on any atom is -0.469 e. The fourth-order valence-corrected chi connectivity index (χ4v) is 3.02. The fourth-order valence-electron chi connectivity index (χ4n) is 3.02. The first-order chi connectivity index (χ1) is 12.9. The summed E-state index contributed by atoms with van der Waals surface area (Å²) in [5, 5.41) is 2.95. The molecule has 1 N–H and O–H groups in total. The molecule has 0 fully saturated rings. The molecule has 0 bridgehead atoms. The lowest BCUT2D eigenvalue weighted by molar-refractivity contribution is -0.121. The Morgan fingerprint density at radius 1 is 1.30 bits per heavy atom. The molecule has 0 spiro atoms. The molecule has 0 aromatic carbocycles. The van der Waals surface area contributed by atoms with Crippen LogP contribution in [0, 0.1) is 0 Å². The largest absolute Gasteiger partial charge is 0.469 e. The molecule has 0 aliphatic heterocycles. The second-order valence-electron chi connectivity index (χ2n) is 6.65. The smallest absolute Gasteiger partial charge is 0.332 e. The summed E-state index contributed by atoms with van der Waals surface area (Å²) in [5.41, 5.74) is -0.215. The number of carbonyl (C=O) groups is 1. The van der Waals surface area contributed by atoms with Gasteiger partial charge in [-0.15, -0.1) is 0 Å². The number of fused-ring (bicyclic) bond motifs is 1. The molecule has 0 unspecified atom stereocenters. The van der Waals surface area contributed by atoms with Gasteiger partial charge in [0.1, 0.15) is 5.76 Å². The number of hydrogen-bond donors (Lipinski definition) is 1. The number of aromatic nitrogens is 4. The molecule has 0 radical (unpaired) electrons. The first-order valence-corrected chi connectivity index (χ1v) is 8.81. The van der Waals surface area contributed by atoms with Crippen molar-refractivity contribution in [3.63, 3.8) is 0 Å². The highest BCUT2D eigenvalue weighted by Crippen LogP contribution is 2.08. The number of carbonyl (C=O) groups excluding carboxylic acids is 1. The second-order valence-corrected chi connectivity index (χ2v) is 6.65. The van der Waals surface area contributed by atoms with E-state index in [9.17, 15) is 14.4 Å². The monoisotopic (exact) mass is 373 g/mol. The van der Waals surface area contributed by atoms with E-state index in [1.807, 2.05) is 19.1 Å². The van der Waals surface area contributed by atoms with Gasteiger partial charge in [0.2, 0.25) is 5.91 Å². The number of aryl methyl sites for hydroxylation is 3. The Morgan fingerprint density at radius 3 is 2.78 bits per heavy atom. The lowest BCUT2D eigenvalue weighted by Crippen LogP contribution is -2.37. The fraction of sp³-hybridized carbons (Fsp3) is 0.444. The molecular weight excluding hydrogens is 350 g/mol. The van der Waals surface area contributed by atoms with Crippen molar-refractivity contribution < 1.29 is 9.21 Å². The van der Waals surface area contributed by atoms with Gasteiger partial charge in [-0.1, -0.05) is 0 Å². The summed E-state index contributed by atoms with van der Waals surface area (Å²) in [6.07, 6.45) is 4.86. The molecule has 3 rings (SSSR count). The number of furan rings is 1. The third-order valence-electron chi connectivity index (χ3n) is 4.61. The Balaban J connectivity index is 1.62. The van der Waals surface area contributed by atoms with Gasteiger partial charge in [-0.05, 0) is 25.5 Å². The average Bonchev–Trinajstić information content (AvgIpc) is 3.31. The van der Waals surface area contributed by atoms with Crippen LogP contribution < -0.4 is 16.6 Å². The number of hydrogen-bond acceptors (Lipinski definition) is 5. The lowest BCUT2D eigenvalue weighted by atomic mass is 10.1. The van der Waals surface area contributed by atoms with Gasteiger partial charge in [0, 0.05) is 39.5 Å². The maximum atomic E-state index is 12.4. The van der Waals surface area contributed by atoms with Crippen molar-refractivity contribution in [3.8, 4) is 0 Å². The molecule has 1 amide bonds. The quantitative estimate of drug-likeness (QED) is 0.651. The first kappa shape index (κ1) is 18.7. The van der Waals surface area contributed by atoms with Crippen LogP contribution in [0.4, 0.5) is 0 Å². The van der Waals surface area contributed by atoms with E-state index in [1.165, 1.54) is 17.9 Å². The third-order valence-corrected chi connectivity index (χ3v) is 4.61. The standard InChI is InChI=1S/C18H23N5O4/c1-12(6-7-13-5-4-10-27-13)20-14(24)8-9-23-11-19-16-15(23)17(25)22(3)18(26)21(16)2/h4-5,10-12H,6-9H2,1-3H3,(H,20,24)/t12-/m0/s1. The average molecular weight is 373 g/mol. The highest BCUT2D eigenvalue weighted by Gasteiger charge is 2.15. The Hall–Kier alpha value is -3.10. The van der Waals surface area contributed by atoms with Crippen molar-refractivity contribution in [1.82, 2.24) is 24.0 Å². The van der Waals surface area contributed by atoms with E-state index in [0.717, 1.165) is 23.2 Å². The highest BCUT2D eigenvalue weighted by molar-refractivity contribution is 5.76. The zero-order chi connectivity index (χ0) is 19.6. The number of amides is 1. The molecule has 3 aromatic heterocycles. The van der Waals surface area contributed by atoms with Crippen molar-refractivity contribution >= 4 is 17.1 Å². The summed E-state index contributed by atoms with van der Waals surface area (Å²) in [7, 11) is 2.99. The molecule has 144 valence electrons. The van der Waals surface area contributed by atoms with Crippen LogP contribution in [-0.2, 0) is 31.9 Å². The summed E-state index contributed by atoms with van der Waals surface area (Å²) in [6, 6.07) is 3.76. The Bertz CT molecular complexity index is 1060. The Kier molecular flexibility index (Phi) is 5.29. The molecule has 0 aliphatic carbocycles. The van der Waals surface area contributed by atoms with E-state index < -0.39 is 11.2 Å². The van der Waals surface area contributed by atoms with Crippen molar-refractivity contribution in [2.24, 2.45) is 14.1 Å². The SMILES string of the molecule is C[C@@H](CCc1ccco1)NC(=O)CCn1cnc2c1c(=O)n(C)c(=O)n2C. The van der Waals surface area contributed by atoms with Gasteiger partial charge in [0.05, 0.1) is 12.6 Å². The van der Waals surface area contributed by atoms with Gasteiger partial charge in [-0.25, -0.2) is 9.78 Å². The van der Waals surface area contributed by atoms with Crippen LogP contribution >= 0.6 is 0 Å². The van der Waals surface area contributed by atoms with Crippen LogP contribution in [0.15, 0.2) is 38.7 Å². The number of nitrogens with one attached hydrogen (secondary N) is 1. The molecule has 0 saturated heterocycles. The maximum absolute atomic E-state index is 12.4. The van der Waals surface area contributed by atoms with Crippen LogP contribution in [0.1, 0.15) is 25.5 Å². The first-order valence-electron chi connectivity index (χ1n) is 8.81. The predicted molar refractivity (Wildman–Crippen MR) is 99.5 cm³/mol. The minimum absolute atomic E-state index is 0.0100. The van der Waals surface area contributed by atoms with E-state index in [4.69, 9.17) is 4.42 Å². The van der Waals surface area contributed by atoms with Crippen LogP contribution in [-0.4, -0.2) is 30.6 Å².